The third-order valence-corrected chi connectivity index (χ3v) is 5.06. The molecule has 0 aliphatic rings. The molecule has 0 fully saturated rings. The van der Waals surface area contributed by atoms with Gasteiger partial charge in [-0.2, -0.15) is 0 Å². The van der Waals surface area contributed by atoms with Gasteiger partial charge in [0.2, 0.25) is 5.65 Å². The van der Waals surface area contributed by atoms with Crippen LogP contribution >= 0.6 is 11.6 Å². The average molecular weight is 415 g/mol. The van der Waals surface area contributed by atoms with Crippen molar-refractivity contribution < 1.29 is 9.90 Å². The van der Waals surface area contributed by atoms with E-state index in [1.165, 1.54) is 15.2 Å². The Morgan fingerprint density at radius 2 is 2.07 bits per heavy atom. The fourth-order valence-corrected chi connectivity index (χ4v) is 3.28. The lowest BCUT2D eigenvalue weighted by Gasteiger charge is -2.18. The van der Waals surface area contributed by atoms with Crippen LogP contribution in [0.4, 0.5) is 0 Å². The van der Waals surface area contributed by atoms with Gasteiger partial charge < -0.3 is 10.4 Å². The van der Waals surface area contributed by atoms with E-state index in [1.54, 1.807) is 18.3 Å². The van der Waals surface area contributed by atoms with Crippen LogP contribution < -0.4 is 10.9 Å². The largest absolute Gasteiger partial charge is 0.394 e. The van der Waals surface area contributed by atoms with Crippen molar-refractivity contribution in [2.75, 3.05) is 6.61 Å². The minimum Gasteiger partial charge on any atom is -0.394 e. The summed E-state index contributed by atoms with van der Waals surface area (Å²) in [7, 11) is 0. The quantitative estimate of drug-likeness (QED) is 0.582. The summed E-state index contributed by atoms with van der Waals surface area (Å²) in [5.74, 6) is -0.395. The van der Waals surface area contributed by atoms with Gasteiger partial charge in [0.1, 0.15) is 5.69 Å². The lowest BCUT2D eigenvalue weighted by Crippen LogP contribution is -2.41. The van der Waals surface area contributed by atoms with Gasteiger partial charge in [-0.15, -0.1) is 6.58 Å². The van der Waals surface area contributed by atoms with E-state index in [4.69, 9.17) is 11.6 Å². The number of halogens is 1. The molecule has 1 amide bonds. The molecule has 152 valence electrons. The number of hydrogen-bond acceptors (Lipinski definition) is 4. The molecule has 0 radical (unpaired) electrons. The number of hydrogen-bond donors (Lipinski definition) is 2. The van der Waals surface area contributed by atoms with Crippen molar-refractivity contribution in [2.45, 2.75) is 26.4 Å². The van der Waals surface area contributed by atoms with Crippen LogP contribution in [0.5, 0.6) is 0 Å². The van der Waals surface area contributed by atoms with Crippen molar-refractivity contribution in [3.05, 3.63) is 70.4 Å². The number of nitrogens with zero attached hydrogens (tertiary/aromatic N) is 3. The maximum atomic E-state index is 13.1. The molecule has 1 aromatic carbocycles. The fraction of sp³-hybridized carbons (Fsp3) is 0.286. The standard InChI is InChI=1S/C21H23ClN4O3/c1-4-9-26-18(14-7-5-6-8-15(14)22)11-25-10-16(23-19(25)21(26)29)20(28)24-17(12-27)13(2)3/h4-8,10-11,13,17,27H,1,9,12H2,2-3H3,(H,24,28)/t17-/m0/s1. The number of carbonyl (C=O) groups is 1. The number of carbonyl (C=O) groups excluding carboxylic acids is 1. The summed E-state index contributed by atoms with van der Waals surface area (Å²) in [5.41, 5.74) is 1.15. The molecule has 2 N–H and O–H groups in total. The summed E-state index contributed by atoms with van der Waals surface area (Å²) in [6.07, 6.45) is 4.83. The van der Waals surface area contributed by atoms with E-state index in [-0.39, 0.29) is 36.0 Å². The van der Waals surface area contributed by atoms with Crippen LogP contribution in [0.25, 0.3) is 16.9 Å². The van der Waals surface area contributed by atoms with E-state index in [1.807, 2.05) is 32.0 Å². The lowest BCUT2D eigenvalue weighted by atomic mass is 10.1. The molecular weight excluding hydrogens is 392 g/mol. The molecule has 0 saturated heterocycles. The Morgan fingerprint density at radius 1 is 1.34 bits per heavy atom. The summed E-state index contributed by atoms with van der Waals surface area (Å²) in [6.45, 7) is 7.60. The van der Waals surface area contributed by atoms with Gasteiger partial charge in [-0.3, -0.25) is 18.6 Å². The number of aliphatic hydroxyl groups excluding tert-OH is 1. The summed E-state index contributed by atoms with van der Waals surface area (Å²) in [6, 6.07) is 6.82. The van der Waals surface area contributed by atoms with E-state index < -0.39 is 11.9 Å². The Balaban J connectivity index is 2.13. The molecule has 3 rings (SSSR count). The molecule has 8 heteroatoms. The second-order valence-corrected chi connectivity index (χ2v) is 7.47. The predicted molar refractivity (Wildman–Crippen MR) is 113 cm³/mol. The Bertz CT molecular complexity index is 1120. The molecule has 0 aliphatic heterocycles. The van der Waals surface area contributed by atoms with Crippen LogP contribution in [0.1, 0.15) is 24.3 Å². The number of aliphatic hydroxyl groups is 1. The molecule has 2 heterocycles. The van der Waals surface area contributed by atoms with Gasteiger partial charge in [-0.05, 0) is 12.0 Å². The number of rotatable bonds is 7. The second kappa shape index (κ2) is 8.63. The van der Waals surface area contributed by atoms with Crippen LogP contribution in [0.2, 0.25) is 5.02 Å². The number of aromatic nitrogens is 3. The monoisotopic (exact) mass is 414 g/mol. The zero-order valence-corrected chi connectivity index (χ0v) is 17.1. The first-order valence-electron chi connectivity index (χ1n) is 9.27. The molecule has 3 aromatic rings. The van der Waals surface area contributed by atoms with E-state index >= 15 is 0 Å². The first-order chi connectivity index (χ1) is 13.9. The Kier molecular flexibility index (Phi) is 6.20. The van der Waals surface area contributed by atoms with Gasteiger partial charge in [0.15, 0.2) is 0 Å². The Morgan fingerprint density at radius 3 is 2.69 bits per heavy atom. The molecule has 0 saturated carbocycles. The van der Waals surface area contributed by atoms with Gasteiger partial charge in [0.05, 0.1) is 18.3 Å². The first-order valence-corrected chi connectivity index (χ1v) is 9.65. The molecule has 0 bridgehead atoms. The number of benzene rings is 1. The molecule has 0 spiro atoms. The Labute approximate surface area is 173 Å². The van der Waals surface area contributed by atoms with Gasteiger partial charge in [0.25, 0.3) is 11.5 Å². The number of nitrogens with one attached hydrogen (secondary N) is 1. The summed E-state index contributed by atoms with van der Waals surface area (Å²) in [4.78, 5) is 29.9. The highest BCUT2D eigenvalue weighted by Gasteiger charge is 2.20. The van der Waals surface area contributed by atoms with Crippen LogP contribution in [0.15, 0.2) is 54.1 Å². The van der Waals surface area contributed by atoms with Gasteiger partial charge >= 0.3 is 0 Å². The van der Waals surface area contributed by atoms with E-state index in [2.05, 4.69) is 16.9 Å². The molecule has 29 heavy (non-hydrogen) atoms. The zero-order valence-electron chi connectivity index (χ0n) is 16.3. The molecule has 7 nitrogen and oxygen atoms in total. The van der Waals surface area contributed by atoms with Gasteiger partial charge in [-0.1, -0.05) is 49.7 Å². The zero-order chi connectivity index (χ0) is 21.1. The average Bonchev–Trinajstić information content (AvgIpc) is 3.13. The van der Waals surface area contributed by atoms with Crippen LogP contribution in [0.3, 0.4) is 0 Å². The topological polar surface area (TPSA) is 88.6 Å². The molecule has 2 aromatic heterocycles. The van der Waals surface area contributed by atoms with Crippen molar-refractivity contribution >= 4 is 23.2 Å². The fourth-order valence-electron chi connectivity index (χ4n) is 3.05. The number of allylic oxidation sites excluding steroid dienone is 1. The maximum absolute atomic E-state index is 13.1. The number of imidazole rings is 1. The minimum atomic E-state index is -0.449. The maximum Gasteiger partial charge on any atom is 0.295 e. The normalized spacial score (nSPS) is 12.3. The molecule has 0 aliphatic carbocycles. The SMILES string of the molecule is C=CCn1c(-c2ccccc2Cl)cn2cc(C(=O)N[C@@H](CO)C(C)C)nc2c1=O. The van der Waals surface area contributed by atoms with Crippen LogP contribution in [0, 0.1) is 5.92 Å². The minimum absolute atomic E-state index is 0.0534. The third kappa shape index (κ3) is 4.11. The molecular formula is C21H23ClN4O3. The van der Waals surface area contributed by atoms with E-state index in [0.29, 0.717) is 16.3 Å². The highest BCUT2D eigenvalue weighted by atomic mass is 35.5. The second-order valence-electron chi connectivity index (χ2n) is 7.06. The number of fused-ring (bicyclic) bond motifs is 1. The number of amides is 1. The summed E-state index contributed by atoms with van der Waals surface area (Å²) in [5, 5.41) is 12.7. The van der Waals surface area contributed by atoms with Crippen LogP contribution in [-0.2, 0) is 6.54 Å². The van der Waals surface area contributed by atoms with Gasteiger partial charge in [-0.25, -0.2) is 4.98 Å². The molecule has 0 unspecified atom stereocenters. The van der Waals surface area contributed by atoms with Crippen molar-refractivity contribution in [1.82, 2.24) is 19.3 Å². The first kappa shape index (κ1) is 20.8. The highest BCUT2D eigenvalue weighted by molar-refractivity contribution is 6.33. The van der Waals surface area contributed by atoms with Crippen molar-refractivity contribution in [1.29, 1.82) is 0 Å². The third-order valence-electron chi connectivity index (χ3n) is 4.73. The smallest absolute Gasteiger partial charge is 0.295 e. The van der Waals surface area contributed by atoms with Crippen LogP contribution in [-0.4, -0.2) is 37.6 Å². The summed E-state index contributed by atoms with van der Waals surface area (Å²) < 4.78 is 3.04. The highest BCUT2D eigenvalue weighted by Crippen LogP contribution is 2.27. The lowest BCUT2D eigenvalue weighted by molar-refractivity contribution is 0.0892. The Hall–Kier alpha value is -2.90. The van der Waals surface area contributed by atoms with Crippen molar-refractivity contribution in [2.24, 2.45) is 5.92 Å². The van der Waals surface area contributed by atoms with E-state index in [0.717, 1.165) is 0 Å². The van der Waals surface area contributed by atoms with Gasteiger partial charge in [0, 0.05) is 29.5 Å². The summed E-state index contributed by atoms with van der Waals surface area (Å²) >= 11 is 6.34. The van der Waals surface area contributed by atoms with E-state index in [9.17, 15) is 14.7 Å². The predicted octanol–water partition coefficient (Wildman–Crippen LogP) is 2.75. The van der Waals surface area contributed by atoms with Crippen molar-refractivity contribution in [3.8, 4) is 11.3 Å². The van der Waals surface area contributed by atoms with Crippen molar-refractivity contribution in [3.63, 3.8) is 0 Å². The molecule has 1 atom stereocenters.